The minimum Gasteiger partial charge on any atom is -0.271 e. The number of nitrogens with one attached hydrogen (secondary N) is 1. The molecule has 5 heteroatoms. The minimum absolute atomic E-state index is 0.292. The predicted octanol–water partition coefficient (Wildman–Crippen LogP) is 2.03. The highest BCUT2D eigenvalue weighted by Gasteiger charge is 2.16. The number of aromatic nitrogens is 1. The number of rotatable bonds is 4. The monoisotopic (exact) mass is 237 g/mol. The molecule has 1 atom stereocenters. The summed E-state index contributed by atoms with van der Waals surface area (Å²) in [5.41, 5.74) is 2.96. The molecule has 0 amide bonds. The van der Waals surface area contributed by atoms with E-state index in [4.69, 9.17) is 5.84 Å². The largest absolute Gasteiger partial charge is 0.271 e. The Kier molecular flexibility index (Phi) is 3.61. The Labute approximate surface area is 97.1 Å². The molecule has 0 fully saturated rings. The van der Waals surface area contributed by atoms with Crippen LogP contribution in [0, 0.1) is 5.82 Å². The van der Waals surface area contributed by atoms with Crippen LogP contribution in [0.4, 0.5) is 4.39 Å². The highest BCUT2D eigenvalue weighted by atomic mass is 32.1. The lowest BCUT2D eigenvalue weighted by molar-refractivity contribution is 0.497. The average molecular weight is 237 g/mol. The predicted molar refractivity (Wildman–Crippen MR) is 62.3 cm³/mol. The molecule has 0 saturated carbocycles. The minimum atomic E-state index is -0.331. The van der Waals surface area contributed by atoms with E-state index in [0.29, 0.717) is 12.1 Å². The van der Waals surface area contributed by atoms with E-state index in [2.05, 4.69) is 10.4 Å². The Morgan fingerprint density at radius 2 is 2.31 bits per heavy atom. The summed E-state index contributed by atoms with van der Waals surface area (Å²) >= 11 is 1.62. The Morgan fingerprint density at radius 1 is 1.44 bits per heavy atom. The summed E-state index contributed by atoms with van der Waals surface area (Å²) in [5, 5.41) is 1.98. The topological polar surface area (TPSA) is 50.9 Å². The second-order valence-corrected chi connectivity index (χ2v) is 4.41. The van der Waals surface area contributed by atoms with Gasteiger partial charge < -0.3 is 0 Å². The molecule has 84 valence electrons. The van der Waals surface area contributed by atoms with Crippen LogP contribution in [0.1, 0.15) is 16.6 Å². The summed E-state index contributed by atoms with van der Waals surface area (Å²) < 4.78 is 13.5. The van der Waals surface area contributed by atoms with E-state index >= 15 is 0 Å². The van der Waals surface area contributed by atoms with E-state index in [-0.39, 0.29) is 11.9 Å². The molecule has 2 aromatic rings. The first-order valence-electron chi connectivity index (χ1n) is 4.90. The normalized spacial score (nSPS) is 12.6. The van der Waals surface area contributed by atoms with E-state index in [1.165, 1.54) is 6.07 Å². The van der Waals surface area contributed by atoms with Gasteiger partial charge in [-0.05, 0) is 23.6 Å². The van der Waals surface area contributed by atoms with Crippen LogP contribution in [0.5, 0.6) is 0 Å². The fourth-order valence-corrected chi connectivity index (χ4v) is 2.27. The zero-order valence-electron chi connectivity index (χ0n) is 8.56. The van der Waals surface area contributed by atoms with Crippen molar-refractivity contribution in [3.8, 4) is 0 Å². The number of thiophene rings is 1. The lowest BCUT2D eigenvalue weighted by Gasteiger charge is -2.14. The second-order valence-electron chi connectivity index (χ2n) is 3.37. The Bertz CT molecular complexity index is 444. The summed E-state index contributed by atoms with van der Waals surface area (Å²) in [4.78, 5) is 5.16. The quantitative estimate of drug-likeness (QED) is 0.632. The number of hydrogen-bond acceptors (Lipinski definition) is 4. The van der Waals surface area contributed by atoms with Gasteiger partial charge in [0.2, 0.25) is 0 Å². The van der Waals surface area contributed by atoms with E-state index < -0.39 is 0 Å². The lowest BCUT2D eigenvalue weighted by atomic mass is 10.1. The maximum atomic E-state index is 13.5. The molecule has 2 rings (SSSR count). The van der Waals surface area contributed by atoms with Gasteiger partial charge in [-0.25, -0.2) is 4.39 Å². The Balaban J connectivity index is 2.20. The van der Waals surface area contributed by atoms with Gasteiger partial charge in [-0.2, -0.15) is 0 Å². The maximum absolute atomic E-state index is 13.5. The first kappa shape index (κ1) is 11.2. The summed E-state index contributed by atoms with van der Waals surface area (Å²) in [6, 6.07) is 6.62. The Morgan fingerprint density at radius 3 is 2.94 bits per heavy atom. The lowest BCUT2D eigenvalue weighted by Crippen LogP contribution is -2.30. The molecule has 0 aliphatic heterocycles. The van der Waals surface area contributed by atoms with Crippen molar-refractivity contribution < 1.29 is 4.39 Å². The van der Waals surface area contributed by atoms with Gasteiger partial charge in [0, 0.05) is 17.5 Å². The smallest absolute Gasteiger partial charge is 0.146 e. The zero-order chi connectivity index (χ0) is 11.4. The molecular weight excluding hydrogens is 225 g/mol. The van der Waals surface area contributed by atoms with Crippen molar-refractivity contribution in [2.24, 2.45) is 5.84 Å². The summed E-state index contributed by atoms with van der Waals surface area (Å²) in [6.45, 7) is 0. The molecule has 0 saturated heterocycles. The van der Waals surface area contributed by atoms with Crippen molar-refractivity contribution in [2.75, 3.05) is 0 Å². The second kappa shape index (κ2) is 5.16. The van der Waals surface area contributed by atoms with Gasteiger partial charge in [0.05, 0.1) is 11.7 Å². The molecule has 1 unspecified atom stereocenters. The van der Waals surface area contributed by atoms with Crippen molar-refractivity contribution >= 4 is 11.3 Å². The summed E-state index contributed by atoms with van der Waals surface area (Å²) in [7, 11) is 0. The van der Waals surface area contributed by atoms with Crippen LogP contribution in [0.2, 0.25) is 0 Å². The molecule has 3 nitrogen and oxygen atoms in total. The highest BCUT2D eigenvalue weighted by Crippen LogP contribution is 2.20. The van der Waals surface area contributed by atoms with Crippen LogP contribution in [0.3, 0.4) is 0 Å². The highest BCUT2D eigenvalue weighted by molar-refractivity contribution is 7.09. The van der Waals surface area contributed by atoms with Gasteiger partial charge in [0.15, 0.2) is 0 Å². The number of hydrogen-bond donors (Lipinski definition) is 2. The third-order valence-electron chi connectivity index (χ3n) is 2.30. The van der Waals surface area contributed by atoms with Crippen LogP contribution in [0.15, 0.2) is 35.8 Å². The molecule has 0 aromatic carbocycles. The van der Waals surface area contributed by atoms with Crippen LogP contribution >= 0.6 is 11.3 Å². The summed E-state index contributed by atoms with van der Waals surface area (Å²) in [6.07, 6.45) is 2.21. The molecule has 2 aromatic heterocycles. The fraction of sp³-hybridized carbons (Fsp3) is 0.182. The van der Waals surface area contributed by atoms with Crippen molar-refractivity contribution in [1.82, 2.24) is 10.4 Å². The summed E-state index contributed by atoms with van der Waals surface area (Å²) in [5.74, 6) is 5.11. The molecule has 0 aliphatic rings. The van der Waals surface area contributed by atoms with Crippen LogP contribution in [0.25, 0.3) is 0 Å². The van der Waals surface area contributed by atoms with Gasteiger partial charge in [0.25, 0.3) is 0 Å². The van der Waals surface area contributed by atoms with Crippen LogP contribution < -0.4 is 11.3 Å². The molecule has 0 spiro atoms. The van der Waals surface area contributed by atoms with E-state index in [1.54, 1.807) is 23.6 Å². The molecule has 2 heterocycles. The molecule has 0 aliphatic carbocycles. The molecule has 0 bridgehead atoms. The average Bonchev–Trinajstić information content (AvgIpc) is 2.80. The van der Waals surface area contributed by atoms with Crippen molar-refractivity contribution in [3.63, 3.8) is 0 Å². The van der Waals surface area contributed by atoms with E-state index in [1.807, 2.05) is 17.5 Å². The number of nitrogens with zero attached hydrogens (tertiary/aromatic N) is 1. The van der Waals surface area contributed by atoms with Gasteiger partial charge in [-0.3, -0.25) is 16.3 Å². The molecule has 0 radical (unpaired) electrons. The van der Waals surface area contributed by atoms with Gasteiger partial charge in [0.1, 0.15) is 5.82 Å². The third-order valence-corrected chi connectivity index (χ3v) is 3.20. The first-order valence-corrected chi connectivity index (χ1v) is 5.78. The number of halogens is 1. The van der Waals surface area contributed by atoms with Gasteiger partial charge in [-0.1, -0.05) is 6.07 Å². The third kappa shape index (κ3) is 2.44. The SMILES string of the molecule is NNC(Cc1cccs1)c1ncccc1F. The first-order chi connectivity index (χ1) is 7.81. The van der Waals surface area contributed by atoms with E-state index in [0.717, 1.165) is 4.88 Å². The Hall–Kier alpha value is -1.30. The number of hydrazine groups is 1. The van der Waals surface area contributed by atoms with Crippen LogP contribution in [-0.2, 0) is 6.42 Å². The van der Waals surface area contributed by atoms with Crippen molar-refractivity contribution in [1.29, 1.82) is 0 Å². The standard InChI is InChI=1S/C11H12FN3S/c12-9-4-1-5-14-11(9)10(15-13)7-8-3-2-6-16-8/h1-6,10,15H,7,13H2. The molecule has 3 N–H and O–H groups in total. The maximum Gasteiger partial charge on any atom is 0.146 e. The van der Waals surface area contributed by atoms with Crippen LogP contribution in [-0.4, -0.2) is 4.98 Å². The zero-order valence-corrected chi connectivity index (χ0v) is 9.38. The fourth-order valence-electron chi connectivity index (χ4n) is 1.52. The van der Waals surface area contributed by atoms with Crippen molar-refractivity contribution in [2.45, 2.75) is 12.5 Å². The number of nitrogens with two attached hydrogens (primary N) is 1. The van der Waals surface area contributed by atoms with E-state index in [9.17, 15) is 4.39 Å². The van der Waals surface area contributed by atoms with Gasteiger partial charge >= 0.3 is 0 Å². The molecule has 16 heavy (non-hydrogen) atoms. The van der Waals surface area contributed by atoms with Crippen molar-refractivity contribution in [3.05, 3.63) is 52.2 Å². The van der Waals surface area contributed by atoms with Gasteiger partial charge in [-0.15, -0.1) is 11.3 Å². The molecular formula is C11H12FN3S. The number of pyridine rings is 1.